The van der Waals surface area contributed by atoms with Crippen molar-refractivity contribution in [3.8, 4) is 16.9 Å². The smallest absolute Gasteiger partial charge is 0.168 e. The molecule has 7 heteroatoms. The topological polar surface area (TPSA) is 87.8 Å². The Morgan fingerprint density at radius 1 is 1.12 bits per heavy atom. The summed E-state index contributed by atoms with van der Waals surface area (Å²) in [5, 5.41) is 0. The molecule has 0 aliphatic heterocycles. The molecule has 0 aliphatic rings. The molecule has 0 amide bonds. The minimum atomic E-state index is 0.650. The van der Waals surface area contributed by atoms with Gasteiger partial charge in [-0.3, -0.25) is 4.98 Å². The van der Waals surface area contributed by atoms with E-state index in [1.807, 2.05) is 42.6 Å². The van der Waals surface area contributed by atoms with Crippen molar-refractivity contribution in [3.05, 3.63) is 66.9 Å². The van der Waals surface area contributed by atoms with Gasteiger partial charge in [0, 0.05) is 30.7 Å². The van der Waals surface area contributed by atoms with E-state index in [0.717, 1.165) is 33.5 Å². The van der Waals surface area contributed by atoms with Gasteiger partial charge in [0.25, 0.3) is 0 Å². The van der Waals surface area contributed by atoms with Gasteiger partial charge in [-0.05, 0) is 35.4 Å². The zero-order valence-electron chi connectivity index (χ0n) is 14.2. The van der Waals surface area contributed by atoms with E-state index in [4.69, 9.17) is 4.74 Å². The summed E-state index contributed by atoms with van der Waals surface area (Å²) >= 11 is 0. The van der Waals surface area contributed by atoms with E-state index >= 15 is 0 Å². The summed E-state index contributed by atoms with van der Waals surface area (Å²) in [4.78, 5) is 16.0. The lowest BCUT2D eigenvalue weighted by Gasteiger charge is -2.08. The molecule has 0 atom stereocenters. The molecule has 0 bridgehead atoms. The number of hydrogen-bond acceptors (Lipinski definition) is 6. The van der Waals surface area contributed by atoms with Crippen LogP contribution in [-0.4, -0.2) is 27.0 Å². The molecule has 0 saturated carbocycles. The third kappa shape index (κ3) is 3.20. The van der Waals surface area contributed by atoms with Crippen molar-refractivity contribution in [1.82, 2.24) is 25.4 Å². The highest BCUT2D eigenvalue weighted by atomic mass is 16.5. The van der Waals surface area contributed by atoms with Crippen LogP contribution in [0.5, 0.6) is 5.75 Å². The molecule has 26 heavy (non-hydrogen) atoms. The summed E-state index contributed by atoms with van der Waals surface area (Å²) in [5.74, 6) is 1.50. The summed E-state index contributed by atoms with van der Waals surface area (Å²) in [6.07, 6.45) is 7.02. The van der Waals surface area contributed by atoms with Crippen molar-refractivity contribution in [1.29, 1.82) is 0 Å². The van der Waals surface area contributed by atoms with Gasteiger partial charge in [0.15, 0.2) is 5.82 Å². The van der Waals surface area contributed by atoms with Gasteiger partial charge in [-0.25, -0.2) is 15.4 Å². The van der Waals surface area contributed by atoms with Crippen LogP contribution in [0.25, 0.3) is 22.2 Å². The second kappa shape index (κ2) is 7.20. The number of nitrogens with zero attached hydrogens (tertiary/aromatic N) is 3. The summed E-state index contributed by atoms with van der Waals surface area (Å²) in [7, 11) is 1.66. The number of hydrogen-bond donors (Lipinski definition) is 3. The van der Waals surface area contributed by atoms with Crippen LogP contribution in [0.15, 0.2) is 61.3 Å². The van der Waals surface area contributed by atoms with Crippen molar-refractivity contribution in [2.75, 3.05) is 12.5 Å². The quantitative estimate of drug-likeness (QED) is 0.465. The molecule has 3 N–H and O–H groups in total. The fourth-order valence-corrected chi connectivity index (χ4v) is 2.78. The largest absolute Gasteiger partial charge is 0.497 e. The number of rotatable bonds is 6. The average Bonchev–Trinajstić information content (AvgIpc) is 3.14. The lowest BCUT2D eigenvalue weighted by Crippen LogP contribution is -2.21. The average molecular weight is 346 g/mol. The van der Waals surface area contributed by atoms with Crippen LogP contribution in [0.1, 0.15) is 5.56 Å². The van der Waals surface area contributed by atoms with E-state index in [0.29, 0.717) is 12.4 Å². The van der Waals surface area contributed by atoms with E-state index in [1.54, 1.807) is 25.8 Å². The molecule has 7 nitrogen and oxygen atoms in total. The molecular formula is C19H18N6O. The number of nitrogens with one attached hydrogen (secondary N) is 3. The highest BCUT2D eigenvalue weighted by Gasteiger charge is 2.12. The van der Waals surface area contributed by atoms with E-state index in [-0.39, 0.29) is 0 Å². The Morgan fingerprint density at radius 2 is 2.00 bits per heavy atom. The second-order valence-electron chi connectivity index (χ2n) is 5.71. The molecule has 3 heterocycles. The van der Waals surface area contributed by atoms with Crippen LogP contribution in [-0.2, 0) is 6.54 Å². The van der Waals surface area contributed by atoms with Gasteiger partial charge in [-0.15, -0.1) is 0 Å². The Bertz CT molecular complexity index is 1010. The first kappa shape index (κ1) is 16.0. The highest BCUT2D eigenvalue weighted by molar-refractivity contribution is 5.97. The Hall–Kier alpha value is -3.45. The van der Waals surface area contributed by atoms with E-state index in [1.165, 1.54) is 0 Å². The zero-order chi connectivity index (χ0) is 17.8. The number of anilines is 1. The number of methoxy groups -OCH3 is 1. The van der Waals surface area contributed by atoms with Gasteiger partial charge >= 0.3 is 0 Å². The minimum Gasteiger partial charge on any atom is -0.497 e. The fraction of sp³-hybridized carbons (Fsp3) is 0.105. The number of pyridine rings is 1. The predicted molar refractivity (Wildman–Crippen MR) is 101 cm³/mol. The Kier molecular flexibility index (Phi) is 4.44. The lowest BCUT2D eigenvalue weighted by molar-refractivity contribution is 0.415. The fourth-order valence-electron chi connectivity index (χ4n) is 2.78. The maximum absolute atomic E-state index is 5.31. The number of benzene rings is 1. The number of fused-ring (bicyclic) bond motifs is 1. The normalized spacial score (nSPS) is 10.8. The Labute approximate surface area is 150 Å². The lowest BCUT2D eigenvalue weighted by atomic mass is 10.1. The SMILES string of the molecule is COc1cccc(-c2c[nH]c3c(NNCc4ccncc4)ncnc23)c1. The van der Waals surface area contributed by atoms with E-state index in [9.17, 15) is 0 Å². The van der Waals surface area contributed by atoms with Crippen LogP contribution in [0.4, 0.5) is 5.82 Å². The molecule has 1 aromatic carbocycles. The van der Waals surface area contributed by atoms with Crippen molar-refractivity contribution in [3.63, 3.8) is 0 Å². The molecule has 130 valence electrons. The third-order valence-electron chi connectivity index (χ3n) is 4.09. The highest BCUT2D eigenvalue weighted by Crippen LogP contribution is 2.31. The minimum absolute atomic E-state index is 0.650. The molecule has 0 radical (unpaired) electrons. The van der Waals surface area contributed by atoms with E-state index in [2.05, 4.69) is 30.8 Å². The van der Waals surface area contributed by atoms with Crippen molar-refractivity contribution in [2.45, 2.75) is 6.54 Å². The predicted octanol–water partition coefficient (Wildman–Crippen LogP) is 3.15. The molecular weight excluding hydrogens is 328 g/mol. The van der Waals surface area contributed by atoms with Crippen LogP contribution < -0.4 is 15.6 Å². The number of hydrazine groups is 1. The summed E-state index contributed by atoms with van der Waals surface area (Å²) in [5.41, 5.74) is 11.2. The molecule has 4 aromatic rings. The molecule has 0 saturated heterocycles. The van der Waals surface area contributed by atoms with Gasteiger partial charge in [0.05, 0.1) is 7.11 Å². The maximum atomic E-state index is 5.31. The molecule has 0 fully saturated rings. The van der Waals surface area contributed by atoms with Crippen molar-refractivity contribution >= 4 is 16.9 Å². The van der Waals surface area contributed by atoms with E-state index < -0.39 is 0 Å². The number of H-pyrrole nitrogens is 1. The Morgan fingerprint density at radius 3 is 2.85 bits per heavy atom. The van der Waals surface area contributed by atoms with Gasteiger partial charge < -0.3 is 15.1 Å². The molecule has 0 spiro atoms. The van der Waals surface area contributed by atoms with Crippen LogP contribution in [0.3, 0.4) is 0 Å². The monoisotopic (exact) mass is 346 g/mol. The van der Waals surface area contributed by atoms with Gasteiger partial charge in [-0.1, -0.05) is 12.1 Å². The first-order chi connectivity index (χ1) is 12.8. The molecule has 4 rings (SSSR count). The Balaban J connectivity index is 1.58. The first-order valence-electron chi connectivity index (χ1n) is 8.19. The standard InChI is InChI=1S/C19H18N6O/c1-26-15-4-2-3-14(9-15)16-11-21-18-17(16)22-12-23-19(18)25-24-10-13-5-7-20-8-6-13/h2-9,11-12,21,24H,10H2,1H3,(H,22,23,25). The second-order valence-corrected chi connectivity index (χ2v) is 5.71. The van der Waals surface area contributed by atoms with Gasteiger partial charge in [0.2, 0.25) is 0 Å². The van der Waals surface area contributed by atoms with Crippen LogP contribution in [0.2, 0.25) is 0 Å². The summed E-state index contributed by atoms with van der Waals surface area (Å²) in [6, 6.07) is 11.8. The van der Waals surface area contributed by atoms with Crippen molar-refractivity contribution < 1.29 is 4.74 Å². The van der Waals surface area contributed by atoms with Crippen LogP contribution in [0, 0.1) is 0 Å². The summed E-state index contributed by atoms with van der Waals surface area (Å²) < 4.78 is 5.31. The summed E-state index contributed by atoms with van der Waals surface area (Å²) in [6.45, 7) is 0.650. The van der Waals surface area contributed by atoms with Gasteiger partial charge in [-0.2, -0.15) is 0 Å². The maximum Gasteiger partial charge on any atom is 0.168 e. The number of aromatic amines is 1. The van der Waals surface area contributed by atoms with Crippen LogP contribution >= 0.6 is 0 Å². The molecule has 0 aliphatic carbocycles. The number of aromatic nitrogens is 4. The first-order valence-corrected chi connectivity index (χ1v) is 8.19. The number of ether oxygens (including phenoxy) is 1. The zero-order valence-corrected chi connectivity index (χ0v) is 14.2. The molecule has 3 aromatic heterocycles. The van der Waals surface area contributed by atoms with Crippen molar-refractivity contribution in [2.24, 2.45) is 0 Å². The van der Waals surface area contributed by atoms with Gasteiger partial charge in [0.1, 0.15) is 23.1 Å². The molecule has 0 unspecified atom stereocenters. The third-order valence-corrected chi connectivity index (χ3v) is 4.09.